The minimum Gasteiger partial charge on any atom is -0.495 e. The van der Waals surface area contributed by atoms with Crippen molar-refractivity contribution in [2.24, 2.45) is 0 Å². The Hall–Kier alpha value is -2.75. The average Bonchev–Trinajstić information content (AvgIpc) is 2.47. The number of pyridine rings is 1. The van der Waals surface area contributed by atoms with Gasteiger partial charge in [0.15, 0.2) is 0 Å². The molecular weight excluding hydrogens is 262 g/mol. The summed E-state index contributed by atoms with van der Waals surface area (Å²) in [4.78, 5) is 4.35. The van der Waals surface area contributed by atoms with Crippen LogP contribution in [0.15, 0.2) is 48.7 Å². The molecule has 4 heteroatoms. The quantitative estimate of drug-likeness (QED) is 0.714. The van der Waals surface area contributed by atoms with Crippen molar-refractivity contribution in [3.05, 3.63) is 54.2 Å². The van der Waals surface area contributed by atoms with Gasteiger partial charge in [0.25, 0.3) is 0 Å². The first-order valence-corrected chi connectivity index (χ1v) is 6.73. The number of fused-ring (bicyclic) bond motifs is 1. The van der Waals surface area contributed by atoms with Crippen LogP contribution in [0.2, 0.25) is 0 Å². The summed E-state index contributed by atoms with van der Waals surface area (Å²) in [5, 5.41) is 4.44. The van der Waals surface area contributed by atoms with Gasteiger partial charge < -0.3 is 15.8 Å². The summed E-state index contributed by atoms with van der Waals surface area (Å²) >= 11 is 0. The van der Waals surface area contributed by atoms with Crippen LogP contribution in [0.25, 0.3) is 10.9 Å². The second-order valence-corrected chi connectivity index (χ2v) is 4.96. The van der Waals surface area contributed by atoms with E-state index in [9.17, 15) is 0 Å². The van der Waals surface area contributed by atoms with Crippen LogP contribution in [0.5, 0.6) is 5.75 Å². The molecule has 0 aliphatic heterocycles. The van der Waals surface area contributed by atoms with Crippen LogP contribution >= 0.6 is 0 Å². The number of nitrogens with one attached hydrogen (secondary N) is 1. The molecule has 3 N–H and O–H groups in total. The number of hydrogen-bond donors (Lipinski definition) is 2. The summed E-state index contributed by atoms with van der Waals surface area (Å²) in [6.07, 6.45) is 1.77. The molecule has 0 fully saturated rings. The van der Waals surface area contributed by atoms with E-state index < -0.39 is 0 Å². The molecule has 106 valence electrons. The SMILES string of the molecule is COc1ccc(C)cc1Nc1ccnc2cc(N)ccc12. The molecule has 3 rings (SSSR count). The topological polar surface area (TPSA) is 60.2 Å². The smallest absolute Gasteiger partial charge is 0.142 e. The molecule has 0 unspecified atom stereocenters. The lowest BCUT2D eigenvalue weighted by atomic mass is 10.1. The highest BCUT2D eigenvalue weighted by molar-refractivity contribution is 5.94. The van der Waals surface area contributed by atoms with Crippen molar-refractivity contribution < 1.29 is 4.74 Å². The van der Waals surface area contributed by atoms with Crippen LogP contribution < -0.4 is 15.8 Å². The number of rotatable bonds is 3. The number of benzene rings is 2. The van der Waals surface area contributed by atoms with Gasteiger partial charge in [0, 0.05) is 23.0 Å². The molecular formula is C17H17N3O. The van der Waals surface area contributed by atoms with Gasteiger partial charge in [-0.05, 0) is 48.9 Å². The number of anilines is 3. The van der Waals surface area contributed by atoms with E-state index in [-0.39, 0.29) is 0 Å². The predicted octanol–water partition coefficient (Wildman–Crippen LogP) is 3.88. The van der Waals surface area contributed by atoms with Gasteiger partial charge in [-0.1, -0.05) is 6.07 Å². The molecule has 0 atom stereocenters. The van der Waals surface area contributed by atoms with Gasteiger partial charge in [0.2, 0.25) is 0 Å². The summed E-state index contributed by atoms with van der Waals surface area (Å²) < 4.78 is 5.41. The van der Waals surface area contributed by atoms with E-state index in [0.29, 0.717) is 5.69 Å². The highest BCUT2D eigenvalue weighted by Gasteiger charge is 2.07. The lowest BCUT2D eigenvalue weighted by Gasteiger charge is -2.13. The number of hydrogen-bond acceptors (Lipinski definition) is 4. The van der Waals surface area contributed by atoms with Crippen molar-refractivity contribution in [2.45, 2.75) is 6.92 Å². The van der Waals surface area contributed by atoms with E-state index in [0.717, 1.165) is 28.0 Å². The number of aromatic nitrogens is 1. The minimum atomic E-state index is 0.709. The van der Waals surface area contributed by atoms with Crippen LogP contribution in [0.4, 0.5) is 17.1 Å². The molecule has 1 heterocycles. The molecule has 0 amide bonds. The summed E-state index contributed by atoms with van der Waals surface area (Å²) in [5.41, 5.74) is 10.5. The number of aryl methyl sites for hydroxylation is 1. The molecule has 0 aliphatic rings. The zero-order chi connectivity index (χ0) is 14.8. The molecule has 0 saturated carbocycles. The Morgan fingerprint density at radius 2 is 1.90 bits per heavy atom. The Bertz CT molecular complexity index is 799. The van der Waals surface area contributed by atoms with Gasteiger partial charge in [-0.2, -0.15) is 0 Å². The van der Waals surface area contributed by atoms with Gasteiger partial charge in [0.1, 0.15) is 5.75 Å². The van der Waals surface area contributed by atoms with Crippen molar-refractivity contribution in [3.8, 4) is 5.75 Å². The average molecular weight is 279 g/mol. The molecule has 1 aromatic heterocycles. The lowest BCUT2D eigenvalue weighted by Crippen LogP contribution is -1.97. The van der Waals surface area contributed by atoms with Crippen LogP contribution in [-0.2, 0) is 0 Å². The van der Waals surface area contributed by atoms with Crippen molar-refractivity contribution >= 4 is 28.0 Å². The molecule has 0 aliphatic carbocycles. The Morgan fingerprint density at radius 3 is 2.71 bits per heavy atom. The fourth-order valence-corrected chi connectivity index (χ4v) is 2.34. The third-order valence-electron chi connectivity index (χ3n) is 3.39. The van der Waals surface area contributed by atoms with Crippen molar-refractivity contribution in [3.63, 3.8) is 0 Å². The number of methoxy groups -OCH3 is 1. The number of nitrogens with two attached hydrogens (primary N) is 1. The predicted molar refractivity (Wildman–Crippen MR) is 87.2 cm³/mol. The first kappa shape index (κ1) is 13.2. The van der Waals surface area contributed by atoms with E-state index >= 15 is 0 Å². The Balaban J connectivity index is 2.08. The van der Waals surface area contributed by atoms with E-state index in [1.165, 1.54) is 5.56 Å². The van der Waals surface area contributed by atoms with Crippen molar-refractivity contribution in [1.29, 1.82) is 0 Å². The summed E-state index contributed by atoms with van der Waals surface area (Å²) in [6.45, 7) is 2.05. The molecule has 0 radical (unpaired) electrons. The zero-order valence-electron chi connectivity index (χ0n) is 12.1. The van der Waals surface area contributed by atoms with Crippen LogP contribution in [0.1, 0.15) is 5.56 Å². The fourth-order valence-electron chi connectivity index (χ4n) is 2.34. The van der Waals surface area contributed by atoms with Gasteiger partial charge in [-0.3, -0.25) is 4.98 Å². The summed E-state index contributed by atoms with van der Waals surface area (Å²) in [7, 11) is 1.67. The van der Waals surface area contributed by atoms with E-state index in [2.05, 4.69) is 23.3 Å². The third-order valence-corrected chi connectivity index (χ3v) is 3.39. The van der Waals surface area contributed by atoms with E-state index in [1.54, 1.807) is 13.3 Å². The largest absolute Gasteiger partial charge is 0.495 e. The first-order valence-electron chi connectivity index (χ1n) is 6.73. The zero-order valence-corrected chi connectivity index (χ0v) is 12.1. The van der Waals surface area contributed by atoms with Crippen LogP contribution in [-0.4, -0.2) is 12.1 Å². The molecule has 0 bridgehead atoms. The Kier molecular flexibility index (Phi) is 3.36. The van der Waals surface area contributed by atoms with Crippen molar-refractivity contribution in [1.82, 2.24) is 4.98 Å². The summed E-state index contributed by atoms with van der Waals surface area (Å²) in [5.74, 6) is 0.806. The number of nitrogen functional groups attached to an aromatic ring is 1. The molecule has 21 heavy (non-hydrogen) atoms. The molecule has 3 aromatic rings. The van der Waals surface area contributed by atoms with E-state index in [1.807, 2.05) is 36.4 Å². The Morgan fingerprint density at radius 1 is 1.05 bits per heavy atom. The maximum Gasteiger partial charge on any atom is 0.142 e. The highest BCUT2D eigenvalue weighted by Crippen LogP contribution is 2.31. The Labute approximate surface area is 123 Å². The van der Waals surface area contributed by atoms with Crippen LogP contribution in [0, 0.1) is 6.92 Å². The third kappa shape index (κ3) is 2.60. The second kappa shape index (κ2) is 5.32. The lowest BCUT2D eigenvalue weighted by molar-refractivity contribution is 0.416. The van der Waals surface area contributed by atoms with Crippen LogP contribution in [0.3, 0.4) is 0 Å². The van der Waals surface area contributed by atoms with Gasteiger partial charge in [-0.25, -0.2) is 0 Å². The van der Waals surface area contributed by atoms with Gasteiger partial charge >= 0.3 is 0 Å². The second-order valence-electron chi connectivity index (χ2n) is 4.96. The fraction of sp³-hybridized carbons (Fsp3) is 0.118. The number of ether oxygens (including phenoxy) is 1. The molecule has 0 spiro atoms. The van der Waals surface area contributed by atoms with Crippen molar-refractivity contribution in [2.75, 3.05) is 18.2 Å². The normalized spacial score (nSPS) is 10.6. The molecule has 2 aromatic carbocycles. The molecule has 4 nitrogen and oxygen atoms in total. The highest BCUT2D eigenvalue weighted by atomic mass is 16.5. The van der Waals surface area contributed by atoms with E-state index in [4.69, 9.17) is 10.5 Å². The monoisotopic (exact) mass is 279 g/mol. The summed E-state index contributed by atoms with van der Waals surface area (Å²) in [6, 6.07) is 13.7. The van der Waals surface area contributed by atoms with Gasteiger partial charge in [-0.15, -0.1) is 0 Å². The minimum absolute atomic E-state index is 0.709. The maximum atomic E-state index is 5.81. The van der Waals surface area contributed by atoms with Gasteiger partial charge in [0.05, 0.1) is 18.3 Å². The number of nitrogens with zero attached hydrogens (tertiary/aromatic N) is 1. The first-order chi connectivity index (χ1) is 10.2. The molecule has 0 saturated heterocycles. The maximum absolute atomic E-state index is 5.81. The standard InChI is InChI=1S/C17H17N3O/c1-11-3-6-17(21-2)16(9-11)20-14-7-8-19-15-10-12(18)4-5-13(14)15/h3-10H,18H2,1-2H3,(H,19,20).